The molecule has 0 atom stereocenters. The van der Waals surface area contributed by atoms with Crippen molar-refractivity contribution in [3.05, 3.63) is 53.6 Å². The Bertz CT molecular complexity index is 782. The first kappa shape index (κ1) is 14.6. The molecule has 24 heavy (non-hydrogen) atoms. The third-order valence-corrected chi connectivity index (χ3v) is 3.98. The van der Waals surface area contributed by atoms with Gasteiger partial charge in [-0.05, 0) is 24.3 Å². The molecule has 0 bridgehead atoms. The van der Waals surface area contributed by atoms with Crippen molar-refractivity contribution < 1.29 is 23.8 Å². The van der Waals surface area contributed by atoms with E-state index in [9.17, 15) is 9.59 Å². The molecule has 122 valence electrons. The van der Waals surface area contributed by atoms with Crippen LogP contribution in [0.2, 0.25) is 0 Å². The van der Waals surface area contributed by atoms with Gasteiger partial charge < -0.3 is 14.2 Å². The van der Waals surface area contributed by atoms with Crippen molar-refractivity contribution in [2.45, 2.75) is 0 Å². The van der Waals surface area contributed by atoms with Crippen LogP contribution in [-0.4, -0.2) is 43.1 Å². The van der Waals surface area contributed by atoms with Crippen molar-refractivity contribution in [3.63, 3.8) is 0 Å². The number of benzene rings is 2. The first-order valence-corrected chi connectivity index (χ1v) is 7.72. The van der Waals surface area contributed by atoms with Crippen molar-refractivity contribution in [2.75, 3.05) is 26.4 Å². The number of ether oxygens (including phenoxy) is 3. The number of fused-ring (bicyclic) bond motifs is 2. The van der Waals surface area contributed by atoms with Crippen LogP contribution in [0.3, 0.4) is 0 Å². The van der Waals surface area contributed by atoms with E-state index in [1.165, 1.54) is 4.90 Å². The van der Waals surface area contributed by atoms with E-state index in [-0.39, 0.29) is 25.0 Å². The Morgan fingerprint density at radius 3 is 2.38 bits per heavy atom. The molecule has 0 aliphatic carbocycles. The van der Waals surface area contributed by atoms with Crippen molar-refractivity contribution in [1.29, 1.82) is 0 Å². The summed E-state index contributed by atoms with van der Waals surface area (Å²) in [5.74, 6) is 1.18. The second-order valence-corrected chi connectivity index (χ2v) is 5.44. The quantitative estimate of drug-likeness (QED) is 0.806. The van der Waals surface area contributed by atoms with Crippen molar-refractivity contribution in [3.8, 4) is 17.2 Å². The number of carbonyl (C=O) groups excluding carboxylic acids is 2. The number of hydrogen-bond acceptors (Lipinski definition) is 5. The van der Waals surface area contributed by atoms with Crippen molar-refractivity contribution in [1.82, 2.24) is 4.90 Å². The molecule has 0 saturated heterocycles. The maximum absolute atomic E-state index is 12.3. The summed E-state index contributed by atoms with van der Waals surface area (Å²) in [7, 11) is 0. The zero-order valence-corrected chi connectivity index (χ0v) is 12.9. The Labute approximate surface area is 138 Å². The smallest absolute Gasteiger partial charge is 0.261 e. The average Bonchev–Trinajstić information content (AvgIpc) is 2.87. The van der Waals surface area contributed by atoms with E-state index in [2.05, 4.69) is 0 Å². The van der Waals surface area contributed by atoms with E-state index < -0.39 is 0 Å². The highest BCUT2D eigenvalue weighted by Crippen LogP contribution is 2.38. The Hall–Kier alpha value is -3.02. The predicted octanol–water partition coefficient (Wildman–Crippen LogP) is 2.13. The Morgan fingerprint density at radius 2 is 1.62 bits per heavy atom. The maximum Gasteiger partial charge on any atom is 0.261 e. The number of amides is 2. The van der Waals surface area contributed by atoms with Crippen LogP contribution < -0.4 is 14.2 Å². The zero-order valence-electron chi connectivity index (χ0n) is 12.9. The second kappa shape index (κ2) is 5.88. The van der Waals surface area contributed by atoms with Gasteiger partial charge in [0.2, 0.25) is 5.75 Å². The lowest BCUT2D eigenvalue weighted by atomic mass is 10.1. The van der Waals surface area contributed by atoms with Gasteiger partial charge in [0.1, 0.15) is 19.8 Å². The van der Waals surface area contributed by atoms with Gasteiger partial charge >= 0.3 is 0 Å². The van der Waals surface area contributed by atoms with Crippen LogP contribution in [-0.2, 0) is 0 Å². The molecular weight excluding hydrogens is 310 g/mol. The number of carbonyl (C=O) groups is 2. The number of nitrogens with zero attached hydrogens (tertiary/aromatic N) is 1. The molecule has 0 unspecified atom stereocenters. The summed E-state index contributed by atoms with van der Waals surface area (Å²) < 4.78 is 16.8. The van der Waals surface area contributed by atoms with Crippen molar-refractivity contribution >= 4 is 11.8 Å². The van der Waals surface area contributed by atoms with Gasteiger partial charge in [-0.2, -0.15) is 0 Å². The number of rotatable bonds is 4. The lowest BCUT2D eigenvalue weighted by molar-refractivity contribution is 0.0629. The second-order valence-electron chi connectivity index (χ2n) is 5.44. The summed E-state index contributed by atoms with van der Waals surface area (Å²) in [5, 5.41) is 0. The molecule has 4 rings (SSSR count). The van der Waals surface area contributed by atoms with Gasteiger partial charge in [0, 0.05) is 0 Å². The summed E-state index contributed by atoms with van der Waals surface area (Å²) in [6.07, 6.45) is 0. The third kappa shape index (κ3) is 2.36. The Balaban J connectivity index is 1.44. The van der Waals surface area contributed by atoms with E-state index in [0.29, 0.717) is 41.6 Å². The number of para-hydroxylation sites is 1. The molecule has 0 N–H and O–H groups in total. The van der Waals surface area contributed by atoms with Crippen LogP contribution in [0.25, 0.3) is 0 Å². The van der Waals surface area contributed by atoms with E-state index in [0.717, 1.165) is 0 Å². The molecule has 2 heterocycles. The van der Waals surface area contributed by atoms with Crippen LogP contribution >= 0.6 is 0 Å². The summed E-state index contributed by atoms with van der Waals surface area (Å²) in [6, 6.07) is 12.2. The lowest BCUT2D eigenvalue weighted by Gasteiger charge is -2.21. The molecule has 0 aromatic heterocycles. The minimum atomic E-state index is -0.283. The van der Waals surface area contributed by atoms with E-state index in [1.807, 2.05) is 12.1 Å². The highest BCUT2D eigenvalue weighted by atomic mass is 16.6. The summed E-state index contributed by atoms with van der Waals surface area (Å²) in [4.78, 5) is 25.8. The lowest BCUT2D eigenvalue weighted by Crippen LogP contribution is -2.33. The normalized spacial score (nSPS) is 15.4. The van der Waals surface area contributed by atoms with Crippen LogP contribution in [0.4, 0.5) is 0 Å². The Kier molecular flexibility index (Phi) is 3.57. The van der Waals surface area contributed by atoms with Gasteiger partial charge in [0.05, 0.1) is 17.7 Å². The van der Waals surface area contributed by atoms with Gasteiger partial charge in [-0.15, -0.1) is 0 Å². The minimum Gasteiger partial charge on any atom is -0.488 e. The van der Waals surface area contributed by atoms with E-state index in [1.54, 1.807) is 30.3 Å². The largest absolute Gasteiger partial charge is 0.488 e. The molecule has 2 aliphatic rings. The van der Waals surface area contributed by atoms with Gasteiger partial charge in [-0.25, -0.2) is 0 Å². The van der Waals surface area contributed by atoms with E-state index >= 15 is 0 Å². The highest BCUT2D eigenvalue weighted by molar-refractivity contribution is 6.21. The molecule has 2 aromatic carbocycles. The minimum absolute atomic E-state index is 0.177. The first-order valence-electron chi connectivity index (χ1n) is 7.72. The third-order valence-electron chi connectivity index (χ3n) is 3.98. The molecule has 2 amide bonds. The van der Waals surface area contributed by atoms with Gasteiger partial charge in [-0.3, -0.25) is 14.5 Å². The molecule has 0 fully saturated rings. The predicted molar refractivity (Wildman–Crippen MR) is 84.7 cm³/mol. The first-order chi connectivity index (χ1) is 11.8. The number of hydrogen-bond donors (Lipinski definition) is 0. The highest BCUT2D eigenvalue weighted by Gasteiger charge is 2.34. The van der Waals surface area contributed by atoms with Crippen molar-refractivity contribution in [2.24, 2.45) is 0 Å². The SMILES string of the molecule is O=C1c2ccccc2C(=O)N1CCOc1cccc2c1OCCO2. The topological polar surface area (TPSA) is 65.1 Å². The van der Waals surface area contributed by atoms with Gasteiger partial charge in [0.25, 0.3) is 11.8 Å². The van der Waals surface area contributed by atoms with Crippen LogP contribution in [0.15, 0.2) is 42.5 Å². The van der Waals surface area contributed by atoms with Crippen LogP contribution in [0.1, 0.15) is 20.7 Å². The molecule has 6 heteroatoms. The molecule has 0 saturated carbocycles. The fourth-order valence-corrected chi connectivity index (χ4v) is 2.85. The molecule has 2 aromatic rings. The molecule has 0 radical (unpaired) electrons. The van der Waals surface area contributed by atoms with Gasteiger partial charge in [-0.1, -0.05) is 18.2 Å². The zero-order chi connectivity index (χ0) is 16.5. The fourth-order valence-electron chi connectivity index (χ4n) is 2.85. The summed E-state index contributed by atoms with van der Waals surface area (Å²) in [5.41, 5.74) is 0.882. The maximum atomic E-state index is 12.3. The monoisotopic (exact) mass is 325 g/mol. The number of imide groups is 1. The van der Waals surface area contributed by atoms with E-state index in [4.69, 9.17) is 14.2 Å². The van der Waals surface area contributed by atoms with Gasteiger partial charge in [0.15, 0.2) is 11.5 Å². The molecule has 2 aliphatic heterocycles. The molecule has 0 spiro atoms. The van der Waals surface area contributed by atoms with Crippen LogP contribution in [0, 0.1) is 0 Å². The van der Waals surface area contributed by atoms with Crippen LogP contribution in [0.5, 0.6) is 17.2 Å². The summed E-state index contributed by atoms with van der Waals surface area (Å²) in [6.45, 7) is 1.33. The fraction of sp³-hybridized carbons (Fsp3) is 0.222. The summed E-state index contributed by atoms with van der Waals surface area (Å²) >= 11 is 0. The Morgan fingerprint density at radius 1 is 0.917 bits per heavy atom. The molecular formula is C18H15NO5. The average molecular weight is 325 g/mol. The molecule has 6 nitrogen and oxygen atoms in total. The standard InChI is InChI=1S/C18H15NO5/c20-17-12-4-1-2-5-13(12)18(21)19(17)8-9-22-14-6-3-7-15-16(14)24-11-10-23-15/h1-7H,8-11H2.